The number of nitrogens with one attached hydrogen (secondary N) is 2. The molecule has 0 amide bonds. The molecule has 10 nitrogen and oxygen atoms in total. The van der Waals surface area contributed by atoms with Gasteiger partial charge in [-0.25, -0.2) is 4.98 Å². The van der Waals surface area contributed by atoms with Gasteiger partial charge in [-0.15, -0.1) is 13.2 Å². The number of hydrogen-bond donors (Lipinski definition) is 3. The number of ketones is 1. The molecule has 2 heterocycles. The van der Waals surface area contributed by atoms with E-state index in [1.807, 2.05) is 60.7 Å². The number of ether oxygens (including phenoxy) is 3. The SMILES string of the molecule is C=CCCCCNC(O)N1C[C@H](Oc2cc(-c3ccccc3)nc3cc(OC)ccc23)C[C@H]1C(=O)CN[C@]1(C(=O)OCC)C[C@H]1C=C. The molecule has 2 fully saturated rings. The molecule has 3 aromatic rings. The van der Waals surface area contributed by atoms with Gasteiger partial charge in [-0.1, -0.05) is 42.5 Å². The highest BCUT2D eigenvalue weighted by Gasteiger charge is 2.60. The molecule has 0 bridgehead atoms. The van der Waals surface area contributed by atoms with Gasteiger partial charge in [-0.05, 0) is 51.3 Å². The van der Waals surface area contributed by atoms with Crippen molar-refractivity contribution in [3.63, 3.8) is 0 Å². The lowest BCUT2D eigenvalue weighted by atomic mass is 10.1. The topological polar surface area (TPSA) is 122 Å². The van der Waals surface area contributed by atoms with E-state index in [0.29, 0.717) is 37.4 Å². The lowest BCUT2D eigenvalue weighted by Crippen LogP contribution is -2.53. The summed E-state index contributed by atoms with van der Waals surface area (Å²) in [5.41, 5.74) is 1.47. The first-order chi connectivity index (χ1) is 22.8. The zero-order valence-corrected chi connectivity index (χ0v) is 27.3. The molecular weight excluding hydrogens is 596 g/mol. The minimum absolute atomic E-state index is 0.0563. The number of likely N-dealkylation sites (tertiary alicyclic amines) is 1. The Morgan fingerprint density at radius 3 is 2.68 bits per heavy atom. The summed E-state index contributed by atoms with van der Waals surface area (Å²) in [5.74, 6) is 0.691. The van der Waals surface area contributed by atoms with Crippen LogP contribution in [0.4, 0.5) is 0 Å². The number of allylic oxidation sites excluding steroid dienone is 1. The molecular formula is C37H46N4O6. The van der Waals surface area contributed by atoms with Gasteiger partial charge in [0.1, 0.15) is 23.1 Å². The van der Waals surface area contributed by atoms with Crippen LogP contribution in [-0.4, -0.2) is 84.1 Å². The van der Waals surface area contributed by atoms with Crippen LogP contribution in [0.15, 0.2) is 79.9 Å². The number of rotatable bonds is 18. The maximum absolute atomic E-state index is 13.8. The number of aliphatic hydroxyl groups is 1. The van der Waals surface area contributed by atoms with Crippen LogP contribution in [-0.2, 0) is 14.3 Å². The zero-order chi connectivity index (χ0) is 33.4. The first kappa shape index (κ1) is 34.3. The molecule has 3 N–H and O–H groups in total. The number of esters is 1. The number of methoxy groups -OCH3 is 1. The zero-order valence-electron chi connectivity index (χ0n) is 27.3. The summed E-state index contributed by atoms with van der Waals surface area (Å²) in [4.78, 5) is 33.3. The lowest BCUT2D eigenvalue weighted by molar-refractivity contribution is -0.147. The van der Waals surface area contributed by atoms with Crippen LogP contribution in [0.25, 0.3) is 22.2 Å². The number of aliphatic hydroxyl groups excluding tert-OH is 1. The normalized spacial score (nSPS) is 22.8. The van der Waals surface area contributed by atoms with Crippen molar-refractivity contribution in [3.05, 3.63) is 79.9 Å². The quantitative estimate of drug-likeness (QED) is 0.0784. The van der Waals surface area contributed by atoms with Gasteiger partial charge < -0.3 is 19.3 Å². The number of benzene rings is 2. The fourth-order valence-corrected chi connectivity index (χ4v) is 6.30. The van der Waals surface area contributed by atoms with E-state index in [9.17, 15) is 14.7 Å². The van der Waals surface area contributed by atoms with Crippen LogP contribution in [0.5, 0.6) is 11.5 Å². The molecule has 10 heteroatoms. The molecule has 47 heavy (non-hydrogen) atoms. The molecule has 250 valence electrons. The summed E-state index contributed by atoms with van der Waals surface area (Å²) in [6.07, 6.45) is 5.73. The fraction of sp³-hybridized carbons (Fsp3) is 0.432. The van der Waals surface area contributed by atoms with Crippen molar-refractivity contribution in [3.8, 4) is 22.8 Å². The summed E-state index contributed by atoms with van der Waals surface area (Å²) >= 11 is 0. The van der Waals surface area contributed by atoms with E-state index in [-0.39, 0.29) is 30.8 Å². The maximum Gasteiger partial charge on any atom is 0.326 e. The van der Waals surface area contributed by atoms with Crippen molar-refractivity contribution >= 4 is 22.7 Å². The number of hydrogen-bond acceptors (Lipinski definition) is 10. The van der Waals surface area contributed by atoms with Crippen molar-refractivity contribution in [1.82, 2.24) is 20.5 Å². The third kappa shape index (κ3) is 7.90. The number of nitrogens with zero attached hydrogens (tertiary/aromatic N) is 2. The average molecular weight is 643 g/mol. The molecule has 5 rings (SSSR count). The highest BCUT2D eigenvalue weighted by atomic mass is 16.5. The monoisotopic (exact) mass is 642 g/mol. The van der Waals surface area contributed by atoms with Gasteiger partial charge >= 0.3 is 5.97 Å². The molecule has 1 saturated heterocycles. The summed E-state index contributed by atoms with van der Waals surface area (Å²) < 4.78 is 17.4. The largest absolute Gasteiger partial charge is 0.497 e. The maximum atomic E-state index is 13.8. The van der Waals surface area contributed by atoms with E-state index in [1.165, 1.54) is 0 Å². The Hall–Kier alpha value is -4.09. The number of carbonyl (C=O) groups excluding carboxylic acids is 2. The Bertz CT molecular complexity index is 1570. The van der Waals surface area contributed by atoms with E-state index < -0.39 is 24.0 Å². The van der Waals surface area contributed by atoms with Crippen molar-refractivity contribution in [2.45, 2.75) is 63.1 Å². The molecule has 1 unspecified atom stereocenters. The predicted octanol–water partition coefficient (Wildman–Crippen LogP) is 4.62. The average Bonchev–Trinajstić information content (AvgIpc) is 3.68. The van der Waals surface area contributed by atoms with Crippen molar-refractivity contribution in [1.29, 1.82) is 0 Å². The molecule has 1 saturated carbocycles. The van der Waals surface area contributed by atoms with Gasteiger partial charge in [0.05, 0.1) is 37.5 Å². The Morgan fingerprint density at radius 1 is 1.17 bits per heavy atom. The Labute approximate surface area is 276 Å². The molecule has 1 aliphatic carbocycles. The van der Waals surface area contributed by atoms with Crippen LogP contribution >= 0.6 is 0 Å². The number of Topliss-reactive ketones (excluding diaryl/α,β-unsaturated/α-hetero) is 1. The van der Waals surface area contributed by atoms with Gasteiger partial charge in [-0.3, -0.25) is 25.1 Å². The fourth-order valence-electron chi connectivity index (χ4n) is 6.30. The lowest BCUT2D eigenvalue weighted by Gasteiger charge is -2.29. The second-order valence-corrected chi connectivity index (χ2v) is 12.1. The van der Waals surface area contributed by atoms with E-state index in [0.717, 1.165) is 41.4 Å². The molecule has 0 radical (unpaired) electrons. The van der Waals surface area contributed by atoms with Crippen LogP contribution in [0.1, 0.15) is 39.0 Å². The predicted molar refractivity (Wildman–Crippen MR) is 182 cm³/mol. The molecule has 5 atom stereocenters. The van der Waals surface area contributed by atoms with Gasteiger partial charge in [0, 0.05) is 42.0 Å². The summed E-state index contributed by atoms with van der Waals surface area (Å²) in [6.45, 7) is 10.5. The number of pyridine rings is 1. The third-order valence-corrected chi connectivity index (χ3v) is 9.01. The Balaban J connectivity index is 1.38. The summed E-state index contributed by atoms with van der Waals surface area (Å²) in [6, 6.07) is 16.8. The first-order valence-electron chi connectivity index (χ1n) is 16.4. The van der Waals surface area contributed by atoms with Crippen molar-refractivity contribution in [2.75, 3.05) is 33.4 Å². The van der Waals surface area contributed by atoms with Crippen molar-refractivity contribution < 1.29 is 28.9 Å². The van der Waals surface area contributed by atoms with E-state index in [2.05, 4.69) is 23.8 Å². The minimum Gasteiger partial charge on any atom is -0.497 e. The molecule has 1 aliphatic heterocycles. The van der Waals surface area contributed by atoms with Crippen LogP contribution in [0, 0.1) is 5.92 Å². The van der Waals surface area contributed by atoms with Crippen LogP contribution in [0.3, 0.4) is 0 Å². The van der Waals surface area contributed by atoms with Crippen molar-refractivity contribution in [2.24, 2.45) is 5.92 Å². The van der Waals surface area contributed by atoms with E-state index >= 15 is 0 Å². The standard InChI is InChI=1S/C37H46N4O6/c1-5-8-9-13-18-38-36(44)41-24-28(20-32(41)33(42)23-39-37(22-26(37)6-2)35(43)46-7-3)47-34-21-30(25-14-11-10-12-15-25)40-31-19-27(45-4)16-17-29(31)34/h5-6,10-12,14-17,19,21,26,28,32,36,38-39,44H,1-2,7-9,13,18,20,22-24H2,3-4H3/t26-,28-,32+,36?,37-/m1/s1. The number of fused-ring (bicyclic) bond motifs is 1. The highest BCUT2D eigenvalue weighted by molar-refractivity contribution is 5.90. The summed E-state index contributed by atoms with van der Waals surface area (Å²) in [5, 5.41) is 18.4. The van der Waals surface area contributed by atoms with Gasteiger partial charge in [0.15, 0.2) is 12.1 Å². The number of unbranched alkanes of at least 4 members (excludes halogenated alkanes) is 2. The van der Waals surface area contributed by atoms with Crippen LogP contribution in [0.2, 0.25) is 0 Å². The van der Waals surface area contributed by atoms with Gasteiger partial charge in [0.2, 0.25) is 0 Å². The number of carbonyl (C=O) groups is 2. The third-order valence-electron chi connectivity index (χ3n) is 9.01. The minimum atomic E-state index is -1.06. The highest BCUT2D eigenvalue weighted by Crippen LogP contribution is 2.45. The smallest absolute Gasteiger partial charge is 0.326 e. The molecule has 2 aromatic carbocycles. The second-order valence-electron chi connectivity index (χ2n) is 12.1. The molecule has 0 spiro atoms. The Morgan fingerprint density at radius 2 is 1.98 bits per heavy atom. The van der Waals surface area contributed by atoms with E-state index in [4.69, 9.17) is 19.2 Å². The number of aromatic nitrogens is 1. The summed E-state index contributed by atoms with van der Waals surface area (Å²) in [7, 11) is 1.62. The Kier molecular flexibility index (Phi) is 11.4. The van der Waals surface area contributed by atoms with E-state index in [1.54, 1.807) is 25.0 Å². The molecule has 2 aliphatic rings. The first-order valence-corrected chi connectivity index (χ1v) is 16.4. The van der Waals surface area contributed by atoms with Gasteiger partial charge in [0.25, 0.3) is 0 Å². The van der Waals surface area contributed by atoms with Crippen LogP contribution < -0.4 is 20.1 Å². The van der Waals surface area contributed by atoms with Gasteiger partial charge in [-0.2, -0.15) is 0 Å². The second kappa shape index (κ2) is 15.7. The molecule has 1 aromatic heterocycles.